The molecule has 7 nitrogen and oxygen atoms in total. The summed E-state index contributed by atoms with van der Waals surface area (Å²) >= 11 is 0. The van der Waals surface area contributed by atoms with Crippen molar-refractivity contribution in [2.24, 2.45) is 11.7 Å². The van der Waals surface area contributed by atoms with E-state index in [1.807, 2.05) is 55.1 Å². The van der Waals surface area contributed by atoms with E-state index in [2.05, 4.69) is 15.7 Å². The minimum atomic E-state index is -0.605. The monoisotopic (exact) mass is 343 g/mol. The lowest BCUT2D eigenvalue weighted by atomic mass is 10.1. The van der Waals surface area contributed by atoms with Crippen LogP contribution >= 0.6 is 0 Å². The van der Waals surface area contributed by atoms with Gasteiger partial charge in [0, 0.05) is 18.9 Å². The maximum atomic E-state index is 11.9. The zero-order valence-corrected chi connectivity index (χ0v) is 14.6. The number of amides is 2. The molecule has 1 heterocycles. The van der Waals surface area contributed by atoms with Gasteiger partial charge in [-0.2, -0.15) is 5.10 Å². The van der Waals surface area contributed by atoms with Gasteiger partial charge in [-0.15, -0.1) is 0 Å². The standard InChI is InChI=1S/C18H25N5O2/c1-13(2)17(19)18(25)21-11-16(24)20-10-14-5-3-6-15(9-14)12-23-8-4-7-22-23/h3-9,13,17H,10-12,19H2,1-2H3,(H,20,24)(H,21,25)/t17-/m0/s1. The number of nitrogens with zero attached hydrogens (tertiary/aromatic N) is 2. The first kappa shape index (κ1) is 18.7. The van der Waals surface area contributed by atoms with Crippen molar-refractivity contribution in [3.8, 4) is 0 Å². The Balaban J connectivity index is 1.78. The molecule has 1 aromatic heterocycles. The Hall–Kier alpha value is -2.67. The molecule has 25 heavy (non-hydrogen) atoms. The molecule has 2 rings (SSSR count). The molecular weight excluding hydrogens is 318 g/mol. The van der Waals surface area contributed by atoms with Crippen molar-refractivity contribution in [2.75, 3.05) is 6.54 Å². The second-order valence-electron chi connectivity index (χ2n) is 6.29. The first-order chi connectivity index (χ1) is 12.0. The molecule has 1 aromatic carbocycles. The molecule has 0 aliphatic rings. The van der Waals surface area contributed by atoms with Gasteiger partial charge >= 0.3 is 0 Å². The Morgan fingerprint density at radius 3 is 2.64 bits per heavy atom. The van der Waals surface area contributed by atoms with Gasteiger partial charge in [-0.05, 0) is 23.1 Å². The number of benzene rings is 1. The van der Waals surface area contributed by atoms with Gasteiger partial charge in [-0.25, -0.2) is 0 Å². The van der Waals surface area contributed by atoms with E-state index in [4.69, 9.17) is 5.73 Å². The van der Waals surface area contributed by atoms with E-state index < -0.39 is 6.04 Å². The zero-order valence-electron chi connectivity index (χ0n) is 14.6. The second-order valence-corrected chi connectivity index (χ2v) is 6.29. The topological polar surface area (TPSA) is 102 Å². The van der Waals surface area contributed by atoms with Crippen molar-refractivity contribution in [3.63, 3.8) is 0 Å². The normalized spacial score (nSPS) is 12.0. The average molecular weight is 343 g/mol. The van der Waals surface area contributed by atoms with Crippen molar-refractivity contribution in [2.45, 2.75) is 33.0 Å². The maximum absolute atomic E-state index is 11.9. The fraction of sp³-hybridized carbons (Fsp3) is 0.389. The van der Waals surface area contributed by atoms with Gasteiger partial charge in [-0.1, -0.05) is 38.1 Å². The van der Waals surface area contributed by atoms with Gasteiger partial charge in [0.1, 0.15) is 0 Å². The van der Waals surface area contributed by atoms with Crippen molar-refractivity contribution in [1.82, 2.24) is 20.4 Å². The highest BCUT2D eigenvalue weighted by Gasteiger charge is 2.17. The van der Waals surface area contributed by atoms with E-state index >= 15 is 0 Å². The first-order valence-electron chi connectivity index (χ1n) is 8.31. The fourth-order valence-electron chi connectivity index (χ4n) is 2.27. The molecule has 2 amide bonds. The predicted octanol–water partition coefficient (Wildman–Crippen LogP) is 0.647. The molecule has 0 saturated heterocycles. The predicted molar refractivity (Wildman–Crippen MR) is 95.4 cm³/mol. The molecule has 0 aliphatic heterocycles. The quantitative estimate of drug-likeness (QED) is 0.655. The second kappa shape index (κ2) is 8.98. The van der Waals surface area contributed by atoms with Crippen LogP contribution in [0.25, 0.3) is 0 Å². The van der Waals surface area contributed by atoms with Crippen LogP contribution in [0.3, 0.4) is 0 Å². The number of nitrogens with two attached hydrogens (primary N) is 1. The third-order valence-corrected chi connectivity index (χ3v) is 3.83. The number of hydrogen-bond acceptors (Lipinski definition) is 4. The summed E-state index contributed by atoms with van der Waals surface area (Å²) in [6.45, 7) is 4.73. The minimum Gasteiger partial charge on any atom is -0.350 e. The molecule has 0 fully saturated rings. The lowest BCUT2D eigenvalue weighted by Gasteiger charge is -2.15. The van der Waals surface area contributed by atoms with Crippen molar-refractivity contribution in [3.05, 3.63) is 53.9 Å². The van der Waals surface area contributed by atoms with Crippen LogP contribution in [0, 0.1) is 5.92 Å². The van der Waals surface area contributed by atoms with Crippen LogP contribution < -0.4 is 16.4 Å². The van der Waals surface area contributed by atoms with Gasteiger partial charge in [0.15, 0.2) is 0 Å². The van der Waals surface area contributed by atoms with Gasteiger partial charge in [0.2, 0.25) is 11.8 Å². The number of nitrogens with one attached hydrogen (secondary N) is 2. The van der Waals surface area contributed by atoms with E-state index in [0.29, 0.717) is 13.1 Å². The number of carbonyl (C=O) groups is 2. The van der Waals surface area contributed by atoms with Crippen LogP contribution in [0.15, 0.2) is 42.7 Å². The third kappa shape index (κ3) is 6.04. The molecule has 0 aliphatic carbocycles. The summed E-state index contributed by atoms with van der Waals surface area (Å²) in [7, 11) is 0. The third-order valence-electron chi connectivity index (χ3n) is 3.83. The highest BCUT2D eigenvalue weighted by Crippen LogP contribution is 2.07. The SMILES string of the molecule is CC(C)[C@H](N)C(=O)NCC(=O)NCc1cccc(Cn2cccn2)c1. The van der Waals surface area contributed by atoms with Crippen molar-refractivity contribution < 1.29 is 9.59 Å². The molecule has 134 valence electrons. The van der Waals surface area contributed by atoms with Crippen LogP contribution in [-0.2, 0) is 22.7 Å². The Morgan fingerprint density at radius 1 is 1.20 bits per heavy atom. The number of hydrogen-bond donors (Lipinski definition) is 3. The molecule has 7 heteroatoms. The smallest absolute Gasteiger partial charge is 0.239 e. The summed E-state index contributed by atoms with van der Waals surface area (Å²) in [6, 6.07) is 9.20. The lowest BCUT2D eigenvalue weighted by Crippen LogP contribution is -2.47. The van der Waals surface area contributed by atoms with Gasteiger partial charge in [0.25, 0.3) is 0 Å². The molecule has 1 atom stereocenters. The largest absolute Gasteiger partial charge is 0.350 e. The Labute approximate surface area is 147 Å². The van der Waals surface area contributed by atoms with Crippen LogP contribution in [0.2, 0.25) is 0 Å². The van der Waals surface area contributed by atoms with Crippen LogP contribution in [0.1, 0.15) is 25.0 Å². The van der Waals surface area contributed by atoms with Crippen molar-refractivity contribution >= 4 is 11.8 Å². The maximum Gasteiger partial charge on any atom is 0.239 e. The van der Waals surface area contributed by atoms with E-state index in [1.54, 1.807) is 6.20 Å². The molecular formula is C18H25N5O2. The Morgan fingerprint density at radius 2 is 1.96 bits per heavy atom. The van der Waals surface area contributed by atoms with Crippen LogP contribution in [0.4, 0.5) is 0 Å². The Bertz CT molecular complexity index is 697. The molecule has 0 spiro atoms. The molecule has 2 aromatic rings. The molecule has 4 N–H and O–H groups in total. The summed E-state index contributed by atoms with van der Waals surface area (Å²) in [4.78, 5) is 23.6. The highest BCUT2D eigenvalue weighted by atomic mass is 16.2. The van der Waals surface area contributed by atoms with E-state index in [-0.39, 0.29) is 24.3 Å². The van der Waals surface area contributed by atoms with Crippen LogP contribution in [-0.4, -0.2) is 34.2 Å². The summed E-state index contributed by atoms with van der Waals surface area (Å²) < 4.78 is 1.84. The van der Waals surface area contributed by atoms with Gasteiger partial charge < -0.3 is 16.4 Å². The van der Waals surface area contributed by atoms with Gasteiger partial charge in [-0.3, -0.25) is 14.3 Å². The summed E-state index contributed by atoms with van der Waals surface area (Å²) in [5.41, 5.74) is 7.82. The Kier molecular flexibility index (Phi) is 6.71. The fourth-order valence-corrected chi connectivity index (χ4v) is 2.27. The van der Waals surface area contributed by atoms with Crippen molar-refractivity contribution in [1.29, 1.82) is 0 Å². The number of rotatable bonds is 8. The van der Waals surface area contributed by atoms with E-state index in [9.17, 15) is 9.59 Å². The zero-order chi connectivity index (χ0) is 18.2. The summed E-state index contributed by atoms with van der Waals surface area (Å²) in [5, 5.41) is 9.52. The molecule has 0 bridgehead atoms. The van der Waals surface area contributed by atoms with E-state index in [1.165, 1.54) is 0 Å². The number of aromatic nitrogens is 2. The lowest BCUT2D eigenvalue weighted by molar-refractivity contribution is -0.127. The average Bonchev–Trinajstić information content (AvgIpc) is 3.10. The van der Waals surface area contributed by atoms with Gasteiger partial charge in [0.05, 0.1) is 19.1 Å². The number of carbonyl (C=O) groups excluding carboxylic acids is 2. The highest BCUT2D eigenvalue weighted by molar-refractivity contribution is 5.87. The summed E-state index contributed by atoms with van der Waals surface area (Å²) in [5.74, 6) is -0.534. The summed E-state index contributed by atoms with van der Waals surface area (Å²) in [6.07, 6.45) is 3.64. The minimum absolute atomic E-state index is 0.0283. The first-order valence-corrected chi connectivity index (χ1v) is 8.31. The van der Waals surface area contributed by atoms with Crippen LogP contribution in [0.5, 0.6) is 0 Å². The van der Waals surface area contributed by atoms with E-state index in [0.717, 1.165) is 11.1 Å². The molecule has 0 unspecified atom stereocenters. The molecule has 0 radical (unpaired) electrons. The molecule has 0 saturated carbocycles.